The Morgan fingerprint density at radius 2 is 1.58 bits per heavy atom. The number of hydrogen-bond donors (Lipinski definition) is 1. The Labute approximate surface area is 183 Å². The molecule has 0 atom stereocenters. The second-order valence-corrected chi connectivity index (χ2v) is 8.27. The van der Waals surface area contributed by atoms with Crippen LogP contribution in [0.25, 0.3) is 0 Å². The fourth-order valence-corrected chi connectivity index (χ4v) is 4.08. The zero-order chi connectivity index (χ0) is 23.4. The van der Waals surface area contributed by atoms with E-state index in [9.17, 15) is 22.8 Å². The van der Waals surface area contributed by atoms with Crippen molar-refractivity contribution in [3.05, 3.63) is 55.1 Å². The average molecular weight is 452 g/mol. The summed E-state index contributed by atoms with van der Waals surface area (Å²) in [6.07, 6.45) is 3.09. The van der Waals surface area contributed by atoms with Gasteiger partial charge in [-0.25, -0.2) is 8.42 Å². The van der Waals surface area contributed by atoms with Gasteiger partial charge in [0.2, 0.25) is 10.0 Å². The van der Waals surface area contributed by atoms with Crippen LogP contribution in [0.5, 0.6) is 0 Å². The lowest BCUT2D eigenvalue weighted by Crippen LogP contribution is -2.37. The van der Waals surface area contributed by atoms with Gasteiger partial charge in [-0.2, -0.15) is 4.31 Å². The summed E-state index contributed by atoms with van der Waals surface area (Å²) in [7, 11) is -3.62. The number of hydrogen-bond acceptors (Lipinski definition) is 6. The molecule has 1 aromatic carbocycles. The number of carbonyl (C=O) groups is 3. The summed E-state index contributed by atoms with van der Waals surface area (Å²) in [4.78, 5) is 37.5. The van der Waals surface area contributed by atoms with E-state index in [1.54, 1.807) is 26.0 Å². The van der Waals surface area contributed by atoms with Crippen LogP contribution in [0.4, 0.5) is 0 Å². The van der Waals surface area contributed by atoms with Gasteiger partial charge in [-0.15, -0.1) is 13.2 Å². The van der Waals surface area contributed by atoms with Gasteiger partial charge in [0.15, 0.2) is 6.61 Å². The minimum atomic E-state index is -3.62. The maximum absolute atomic E-state index is 12.5. The molecule has 0 saturated carbocycles. The van der Waals surface area contributed by atoms with E-state index in [0.717, 1.165) is 0 Å². The van der Waals surface area contributed by atoms with Crippen LogP contribution in [-0.2, 0) is 24.3 Å². The fraction of sp³-hybridized carbons (Fsp3) is 0.381. The molecule has 10 heteroatoms. The quantitative estimate of drug-likeness (QED) is 0.356. The lowest BCUT2D eigenvalue weighted by atomic mass is 10.2. The van der Waals surface area contributed by atoms with Crippen LogP contribution in [0.3, 0.4) is 0 Å². The van der Waals surface area contributed by atoms with Crippen molar-refractivity contribution in [2.24, 2.45) is 0 Å². The summed E-state index contributed by atoms with van der Waals surface area (Å²) in [5, 5.41) is 2.37. The van der Waals surface area contributed by atoms with Crippen molar-refractivity contribution in [1.29, 1.82) is 0 Å². The largest absolute Gasteiger partial charge is 0.454 e. The zero-order valence-electron chi connectivity index (χ0n) is 17.9. The molecule has 0 heterocycles. The van der Waals surface area contributed by atoms with E-state index in [1.807, 2.05) is 0 Å². The van der Waals surface area contributed by atoms with Gasteiger partial charge in [0.1, 0.15) is 6.54 Å². The van der Waals surface area contributed by atoms with E-state index < -0.39 is 41.0 Å². The zero-order valence-corrected chi connectivity index (χ0v) is 18.7. The third-order valence-corrected chi connectivity index (χ3v) is 6.33. The van der Waals surface area contributed by atoms with Crippen LogP contribution in [0.2, 0.25) is 0 Å². The van der Waals surface area contributed by atoms with Crippen molar-refractivity contribution >= 4 is 27.8 Å². The van der Waals surface area contributed by atoms with Crippen molar-refractivity contribution < 1.29 is 27.5 Å². The molecular weight excluding hydrogens is 422 g/mol. The van der Waals surface area contributed by atoms with Crippen molar-refractivity contribution in [2.75, 3.05) is 39.3 Å². The molecule has 0 spiro atoms. The van der Waals surface area contributed by atoms with Gasteiger partial charge in [0, 0.05) is 31.7 Å². The molecule has 0 saturated heterocycles. The summed E-state index contributed by atoms with van der Waals surface area (Å²) in [5.41, 5.74) is 0.186. The molecule has 31 heavy (non-hydrogen) atoms. The highest BCUT2D eigenvalue weighted by Gasteiger charge is 2.22. The lowest BCUT2D eigenvalue weighted by Gasteiger charge is -2.19. The van der Waals surface area contributed by atoms with Crippen molar-refractivity contribution in [3.8, 4) is 0 Å². The molecule has 1 rings (SSSR count). The number of nitrogens with zero attached hydrogens (tertiary/aromatic N) is 2. The van der Waals surface area contributed by atoms with Crippen LogP contribution in [0.1, 0.15) is 24.2 Å². The van der Waals surface area contributed by atoms with Gasteiger partial charge in [-0.1, -0.05) is 26.0 Å². The molecule has 9 nitrogen and oxygen atoms in total. The smallest absolute Gasteiger partial charge is 0.325 e. The summed E-state index contributed by atoms with van der Waals surface area (Å²) < 4.78 is 31.1. The third kappa shape index (κ3) is 7.65. The second-order valence-electron chi connectivity index (χ2n) is 6.33. The van der Waals surface area contributed by atoms with E-state index in [-0.39, 0.29) is 10.5 Å². The highest BCUT2D eigenvalue weighted by molar-refractivity contribution is 7.89. The lowest BCUT2D eigenvalue weighted by molar-refractivity contribution is -0.150. The van der Waals surface area contributed by atoms with Crippen LogP contribution in [0.15, 0.2) is 54.5 Å². The highest BCUT2D eigenvalue weighted by atomic mass is 32.2. The summed E-state index contributed by atoms with van der Waals surface area (Å²) in [6.45, 7) is 11.0. The molecule has 0 aromatic heterocycles. The molecule has 0 aliphatic carbocycles. The first-order chi connectivity index (χ1) is 14.7. The maximum Gasteiger partial charge on any atom is 0.325 e. The number of rotatable bonds is 13. The van der Waals surface area contributed by atoms with Gasteiger partial charge < -0.3 is 15.0 Å². The van der Waals surface area contributed by atoms with Crippen LogP contribution in [0, 0.1) is 0 Å². The monoisotopic (exact) mass is 451 g/mol. The Balaban J connectivity index is 2.61. The number of esters is 1. The summed E-state index contributed by atoms with van der Waals surface area (Å²) in [6, 6.07) is 5.41. The van der Waals surface area contributed by atoms with Gasteiger partial charge in [-0.05, 0) is 24.3 Å². The molecule has 0 bridgehead atoms. The minimum absolute atomic E-state index is 0.0780. The Kier molecular flexibility index (Phi) is 10.6. The topological polar surface area (TPSA) is 113 Å². The van der Waals surface area contributed by atoms with Crippen LogP contribution in [-0.4, -0.2) is 74.7 Å². The number of carbonyl (C=O) groups excluding carboxylic acids is 3. The Morgan fingerprint density at radius 3 is 2.06 bits per heavy atom. The summed E-state index contributed by atoms with van der Waals surface area (Å²) in [5.74, 6) is -1.76. The van der Waals surface area contributed by atoms with E-state index in [4.69, 9.17) is 4.74 Å². The Bertz CT molecular complexity index is 882. The first-order valence-corrected chi connectivity index (χ1v) is 11.2. The first kappa shape index (κ1) is 26.1. The van der Waals surface area contributed by atoms with Crippen LogP contribution < -0.4 is 5.32 Å². The van der Waals surface area contributed by atoms with E-state index in [0.29, 0.717) is 26.2 Å². The maximum atomic E-state index is 12.5. The predicted octanol–water partition coefficient (Wildman–Crippen LogP) is 1.19. The molecule has 1 aromatic rings. The van der Waals surface area contributed by atoms with Crippen molar-refractivity contribution in [1.82, 2.24) is 14.5 Å². The molecular formula is C21H29N3O6S. The van der Waals surface area contributed by atoms with E-state index in [2.05, 4.69) is 18.5 Å². The molecule has 170 valence electrons. The number of amides is 2. The van der Waals surface area contributed by atoms with E-state index in [1.165, 1.54) is 33.5 Å². The number of benzene rings is 1. The average Bonchev–Trinajstić information content (AvgIpc) is 2.76. The molecule has 1 N–H and O–H groups in total. The summed E-state index contributed by atoms with van der Waals surface area (Å²) >= 11 is 0. The molecule has 0 radical (unpaired) electrons. The van der Waals surface area contributed by atoms with Gasteiger partial charge >= 0.3 is 5.97 Å². The highest BCUT2D eigenvalue weighted by Crippen LogP contribution is 2.16. The minimum Gasteiger partial charge on any atom is -0.454 e. The third-order valence-electron chi connectivity index (χ3n) is 4.26. The molecule has 0 fully saturated rings. The van der Waals surface area contributed by atoms with Gasteiger partial charge in [0.25, 0.3) is 11.8 Å². The van der Waals surface area contributed by atoms with Crippen LogP contribution >= 0.6 is 0 Å². The number of nitrogens with one attached hydrogen (secondary N) is 1. The Hall–Kier alpha value is -2.98. The van der Waals surface area contributed by atoms with Crippen molar-refractivity contribution in [3.63, 3.8) is 0 Å². The van der Waals surface area contributed by atoms with Gasteiger partial charge in [0.05, 0.1) is 4.90 Å². The SMILES string of the molecule is C=CCN(CC=C)C(=O)COC(=O)CNC(=O)c1ccc(S(=O)(=O)N(CC)CC)cc1. The number of ether oxygens (including phenoxy) is 1. The number of sulfonamides is 1. The fourth-order valence-electron chi connectivity index (χ4n) is 2.62. The normalized spacial score (nSPS) is 10.9. The van der Waals surface area contributed by atoms with E-state index >= 15 is 0 Å². The first-order valence-electron chi connectivity index (χ1n) is 9.74. The van der Waals surface area contributed by atoms with Crippen molar-refractivity contribution in [2.45, 2.75) is 18.7 Å². The van der Waals surface area contributed by atoms with Gasteiger partial charge in [-0.3, -0.25) is 14.4 Å². The standard InChI is InChI=1S/C21H29N3O6S/c1-5-13-23(14-6-2)19(25)16-30-20(26)15-22-21(27)17-9-11-18(12-10-17)31(28,29)24(7-3)8-4/h5-6,9-12H,1-2,7-8,13-16H2,3-4H3,(H,22,27). The molecule has 2 amide bonds. The predicted molar refractivity (Wildman–Crippen MR) is 117 cm³/mol. The molecule has 0 aliphatic rings. The molecule has 0 unspecified atom stereocenters. The molecule has 0 aliphatic heterocycles. The Morgan fingerprint density at radius 1 is 1.03 bits per heavy atom. The second kappa shape index (κ2) is 12.7.